The van der Waals surface area contributed by atoms with Crippen molar-refractivity contribution in [3.8, 4) is 11.5 Å². The molecule has 0 N–H and O–H groups in total. The molecule has 0 bridgehead atoms. The maximum absolute atomic E-state index is 13.5. The summed E-state index contributed by atoms with van der Waals surface area (Å²) in [7, 11) is 10.7. The molecule has 5 fully saturated rings. The van der Waals surface area contributed by atoms with Gasteiger partial charge >= 0.3 is 0 Å². The van der Waals surface area contributed by atoms with Gasteiger partial charge in [-0.2, -0.15) is 0 Å². The Bertz CT molecular complexity index is 1490. The predicted molar refractivity (Wildman–Crippen MR) is 238 cm³/mol. The molecule has 2 aromatic rings. The molecule has 59 heavy (non-hydrogen) atoms. The molecule has 7 rings (SSSR count). The van der Waals surface area contributed by atoms with Gasteiger partial charge in [-0.1, -0.05) is 24.3 Å². The maximum atomic E-state index is 13.5. The Morgan fingerprint density at radius 1 is 0.661 bits per heavy atom. The Balaban J connectivity index is 0.000000199. The number of rotatable bonds is 19. The highest BCUT2D eigenvalue weighted by Gasteiger charge is 2.47. The Morgan fingerprint density at radius 3 is 1.61 bits per heavy atom. The van der Waals surface area contributed by atoms with Crippen LogP contribution in [0, 0.1) is 0 Å². The molecule has 2 aromatic carbocycles. The molecule has 0 aliphatic carbocycles. The molecular weight excluding hydrogens is 741 g/mol. The van der Waals surface area contributed by atoms with E-state index in [1.165, 1.54) is 64.0 Å². The van der Waals surface area contributed by atoms with Crippen LogP contribution in [0.2, 0.25) is 0 Å². The molecule has 1 amide bonds. The van der Waals surface area contributed by atoms with Crippen molar-refractivity contribution in [1.29, 1.82) is 0 Å². The van der Waals surface area contributed by atoms with E-state index in [9.17, 15) is 4.79 Å². The Morgan fingerprint density at radius 2 is 1.14 bits per heavy atom. The summed E-state index contributed by atoms with van der Waals surface area (Å²) >= 11 is 0. The third-order valence-corrected chi connectivity index (χ3v) is 13.6. The number of carbonyl (C=O) groups is 1. The van der Waals surface area contributed by atoms with Gasteiger partial charge in [-0.05, 0) is 161 Å². The summed E-state index contributed by atoms with van der Waals surface area (Å²) in [5.74, 6) is 2.16. The second-order valence-corrected chi connectivity index (χ2v) is 18.5. The first-order valence-electron chi connectivity index (χ1n) is 23.0. The zero-order valence-electron chi connectivity index (χ0n) is 37.5. The lowest BCUT2D eigenvalue weighted by molar-refractivity contribution is -0.148. The predicted octanol–water partition coefficient (Wildman–Crippen LogP) is 5.46. The largest absolute Gasteiger partial charge is 0.494 e. The van der Waals surface area contributed by atoms with Crippen LogP contribution in [0.25, 0.3) is 0 Å². The zero-order valence-corrected chi connectivity index (χ0v) is 37.5. The summed E-state index contributed by atoms with van der Waals surface area (Å²) in [4.78, 5) is 27.5. The van der Waals surface area contributed by atoms with Crippen molar-refractivity contribution in [2.24, 2.45) is 0 Å². The highest BCUT2D eigenvalue weighted by molar-refractivity contribution is 5.89. The lowest BCUT2D eigenvalue weighted by Crippen LogP contribution is -2.63. The van der Waals surface area contributed by atoms with E-state index >= 15 is 0 Å². The quantitative estimate of drug-likeness (QED) is 0.171. The monoisotopic (exact) mass is 819 g/mol. The molecule has 0 unspecified atom stereocenters. The molecule has 5 aliphatic rings. The van der Waals surface area contributed by atoms with Gasteiger partial charge in [0.1, 0.15) is 11.5 Å². The highest BCUT2D eigenvalue weighted by Crippen LogP contribution is 2.39. The molecule has 0 aromatic heterocycles. The number of amides is 1. The lowest BCUT2D eigenvalue weighted by Gasteiger charge is -2.48. The first kappa shape index (κ1) is 45.7. The van der Waals surface area contributed by atoms with Crippen molar-refractivity contribution in [3.05, 3.63) is 59.7 Å². The number of likely N-dealkylation sites (N-methyl/N-ethyl adjacent to an activating group) is 3. The maximum Gasteiger partial charge on any atom is 0.233 e. The minimum Gasteiger partial charge on any atom is -0.494 e. The number of ether oxygens (including phenoxy) is 4. The molecule has 5 aliphatic heterocycles. The molecule has 0 radical (unpaired) electrons. The number of hydrogen-bond acceptors (Lipinski definition) is 10. The molecule has 5 saturated heterocycles. The average molecular weight is 819 g/mol. The van der Waals surface area contributed by atoms with Crippen molar-refractivity contribution in [2.75, 3.05) is 147 Å². The fourth-order valence-corrected chi connectivity index (χ4v) is 9.61. The summed E-state index contributed by atoms with van der Waals surface area (Å²) in [5.41, 5.74) is 2.27. The molecule has 5 heterocycles. The van der Waals surface area contributed by atoms with Crippen molar-refractivity contribution in [3.63, 3.8) is 0 Å². The molecule has 0 spiro atoms. The van der Waals surface area contributed by atoms with Gasteiger partial charge in [-0.25, -0.2) is 0 Å². The Kier molecular flexibility index (Phi) is 17.8. The number of carbonyl (C=O) groups excluding carboxylic acids is 1. The second-order valence-electron chi connectivity index (χ2n) is 18.5. The molecule has 11 nitrogen and oxygen atoms in total. The van der Waals surface area contributed by atoms with Crippen molar-refractivity contribution in [1.82, 2.24) is 29.4 Å². The summed E-state index contributed by atoms with van der Waals surface area (Å²) in [5, 5.41) is 0. The lowest BCUT2D eigenvalue weighted by atomic mass is 9.72. The fraction of sp³-hybridized carbons (Fsp3) is 0.729. The SMILES string of the molecule is CN(C)C1CN(C(=O)C2(c3ccc(OCCCN4CCCC4)cc3)CCOCC2)C1.CN(C)CCN(C)CC1(c2ccc(OCCCN3CCCC3)cc2)CCOCC1. The summed E-state index contributed by atoms with van der Waals surface area (Å²) in [6.45, 7) is 16.8. The smallest absolute Gasteiger partial charge is 0.233 e. The molecule has 11 heteroatoms. The third kappa shape index (κ3) is 13.1. The van der Waals surface area contributed by atoms with Crippen LogP contribution in [0.1, 0.15) is 75.3 Å². The van der Waals surface area contributed by atoms with Crippen LogP contribution in [0.3, 0.4) is 0 Å². The van der Waals surface area contributed by atoms with Gasteiger partial charge in [0.2, 0.25) is 5.91 Å². The van der Waals surface area contributed by atoms with E-state index in [1.54, 1.807) is 0 Å². The van der Waals surface area contributed by atoms with E-state index in [1.807, 2.05) is 17.0 Å². The number of hydrogen-bond donors (Lipinski definition) is 0. The first-order chi connectivity index (χ1) is 28.7. The molecule has 330 valence electrons. The van der Waals surface area contributed by atoms with Crippen molar-refractivity contribution >= 4 is 5.91 Å². The van der Waals surface area contributed by atoms with E-state index in [4.69, 9.17) is 18.9 Å². The van der Waals surface area contributed by atoms with E-state index in [0.717, 1.165) is 121 Å². The minimum atomic E-state index is -0.455. The van der Waals surface area contributed by atoms with Crippen LogP contribution in [-0.2, 0) is 25.1 Å². The van der Waals surface area contributed by atoms with Gasteiger partial charge < -0.3 is 48.3 Å². The van der Waals surface area contributed by atoms with Crippen LogP contribution in [0.5, 0.6) is 11.5 Å². The Labute approximate surface area is 357 Å². The van der Waals surface area contributed by atoms with Gasteiger partial charge in [-0.15, -0.1) is 0 Å². The molecular formula is C48H78N6O5. The topological polar surface area (TPSA) is 73.4 Å². The standard InChI is InChI=1S/C24H37N3O3.C24H41N3O2/c1-25(2)21-18-27(19-21)23(28)24(10-16-29-17-11-24)20-6-8-22(9-7-20)30-15-5-14-26-12-3-4-13-26;1-25(2)16-17-26(3)21-24(11-19-28-20-12-24)22-7-9-23(10-8-22)29-18-6-15-27-13-4-5-14-27/h6-9,21H,3-5,10-19H2,1-2H3;7-10H,4-6,11-21H2,1-3H3. The summed E-state index contributed by atoms with van der Waals surface area (Å²) < 4.78 is 23.3. The number of nitrogens with zero attached hydrogens (tertiary/aromatic N) is 6. The van der Waals surface area contributed by atoms with Gasteiger partial charge in [0, 0.05) is 83.7 Å². The van der Waals surface area contributed by atoms with Crippen LogP contribution < -0.4 is 9.47 Å². The molecule has 0 atom stereocenters. The van der Waals surface area contributed by atoms with E-state index < -0.39 is 5.41 Å². The first-order valence-corrected chi connectivity index (χ1v) is 23.0. The van der Waals surface area contributed by atoms with Crippen LogP contribution in [0.4, 0.5) is 0 Å². The minimum absolute atomic E-state index is 0.188. The van der Waals surface area contributed by atoms with Crippen molar-refractivity contribution in [2.45, 2.75) is 81.1 Å². The third-order valence-electron chi connectivity index (χ3n) is 13.6. The average Bonchev–Trinajstić information content (AvgIpc) is 3.96. The fourth-order valence-electron chi connectivity index (χ4n) is 9.61. The van der Waals surface area contributed by atoms with E-state index in [0.29, 0.717) is 19.3 Å². The normalized spacial score (nSPS) is 21.1. The second kappa shape index (κ2) is 22.9. The highest BCUT2D eigenvalue weighted by atomic mass is 16.5. The van der Waals surface area contributed by atoms with Gasteiger partial charge in [-0.3, -0.25) is 4.79 Å². The zero-order chi connectivity index (χ0) is 41.5. The van der Waals surface area contributed by atoms with Gasteiger partial charge in [0.25, 0.3) is 0 Å². The van der Waals surface area contributed by atoms with E-state index in [2.05, 4.69) is 96.1 Å². The van der Waals surface area contributed by atoms with Crippen LogP contribution >= 0.6 is 0 Å². The van der Waals surface area contributed by atoms with Gasteiger partial charge in [0.05, 0.1) is 18.6 Å². The van der Waals surface area contributed by atoms with Crippen molar-refractivity contribution < 1.29 is 23.7 Å². The van der Waals surface area contributed by atoms with Gasteiger partial charge in [0.15, 0.2) is 0 Å². The number of benzene rings is 2. The number of likely N-dealkylation sites (tertiary alicyclic amines) is 3. The summed E-state index contributed by atoms with van der Waals surface area (Å²) in [6.07, 6.45) is 11.3. The van der Waals surface area contributed by atoms with Crippen LogP contribution in [-0.4, -0.2) is 188 Å². The Hall–Kier alpha value is -2.77. The molecule has 0 saturated carbocycles. The van der Waals surface area contributed by atoms with E-state index in [-0.39, 0.29) is 11.3 Å². The van der Waals surface area contributed by atoms with Crippen LogP contribution in [0.15, 0.2) is 48.5 Å². The summed E-state index contributed by atoms with van der Waals surface area (Å²) in [6, 6.07) is 17.7.